The van der Waals surface area contributed by atoms with Crippen molar-refractivity contribution in [3.63, 3.8) is 0 Å². The summed E-state index contributed by atoms with van der Waals surface area (Å²) in [6.45, 7) is 0.982. The maximum absolute atomic E-state index is 13.3. The van der Waals surface area contributed by atoms with E-state index in [0.717, 1.165) is 16.7 Å². The first-order valence-corrected chi connectivity index (χ1v) is 13.1. The number of carbonyl (C=O) groups is 2. The Balaban J connectivity index is 1.16. The van der Waals surface area contributed by atoms with Crippen LogP contribution in [0, 0.1) is 0 Å². The molecule has 2 aliphatic heterocycles. The number of hydrogen-bond donors (Lipinski definition) is 2. The Morgan fingerprint density at radius 2 is 1.76 bits per heavy atom. The van der Waals surface area contributed by atoms with Gasteiger partial charge >= 0.3 is 0 Å². The monoisotopic (exact) mass is 515 g/mol. The van der Waals surface area contributed by atoms with Gasteiger partial charge in [0.05, 0.1) is 43.4 Å². The quantitative estimate of drug-likeness (QED) is 0.523. The first kappa shape index (κ1) is 26.0. The highest BCUT2D eigenvalue weighted by Gasteiger charge is 2.40. The number of carbonyl (C=O) groups excluding carboxylic acids is 2. The molecule has 0 spiro atoms. The number of fused-ring (bicyclic) bond motifs is 1. The second-order valence-electron chi connectivity index (χ2n) is 9.88. The third kappa shape index (κ3) is 6.45. The zero-order valence-corrected chi connectivity index (χ0v) is 21.2. The zero-order chi connectivity index (χ0) is 26.3. The summed E-state index contributed by atoms with van der Waals surface area (Å²) in [5.74, 6) is -0.266. The Labute approximate surface area is 222 Å². The van der Waals surface area contributed by atoms with Crippen LogP contribution < -0.4 is 5.32 Å². The third-order valence-electron chi connectivity index (χ3n) is 7.11. The summed E-state index contributed by atoms with van der Waals surface area (Å²) in [7, 11) is 0. The van der Waals surface area contributed by atoms with Crippen LogP contribution in [0.1, 0.15) is 35.2 Å². The smallest absolute Gasteiger partial charge is 0.255 e. The number of hydrogen-bond acceptors (Lipinski definition) is 6. The summed E-state index contributed by atoms with van der Waals surface area (Å²) in [6.07, 6.45) is 3.27. The molecule has 3 heterocycles. The van der Waals surface area contributed by atoms with E-state index >= 15 is 0 Å². The lowest BCUT2D eigenvalue weighted by molar-refractivity contribution is -0.151. The molecule has 2 amide bonds. The van der Waals surface area contributed by atoms with Gasteiger partial charge in [-0.15, -0.1) is 0 Å². The van der Waals surface area contributed by atoms with Crippen LogP contribution >= 0.6 is 0 Å². The average molecular weight is 516 g/mol. The van der Waals surface area contributed by atoms with Crippen molar-refractivity contribution in [3.05, 3.63) is 90.3 Å². The second-order valence-corrected chi connectivity index (χ2v) is 9.88. The molecule has 198 valence electrons. The minimum Gasteiger partial charge on any atom is -0.389 e. The van der Waals surface area contributed by atoms with Crippen LogP contribution in [-0.2, 0) is 20.8 Å². The molecular formula is C30H33N3O5. The summed E-state index contributed by atoms with van der Waals surface area (Å²) in [5.41, 5.74) is 3.79. The van der Waals surface area contributed by atoms with E-state index in [4.69, 9.17) is 9.47 Å². The number of aliphatic hydroxyl groups is 1. The van der Waals surface area contributed by atoms with Crippen molar-refractivity contribution in [2.24, 2.45) is 0 Å². The number of rotatable bonds is 6. The molecule has 8 nitrogen and oxygen atoms in total. The summed E-state index contributed by atoms with van der Waals surface area (Å²) in [4.78, 5) is 31.7. The number of nitrogens with zero attached hydrogens (tertiary/aromatic N) is 2. The highest BCUT2D eigenvalue weighted by Crippen LogP contribution is 2.29. The maximum Gasteiger partial charge on any atom is 0.255 e. The summed E-state index contributed by atoms with van der Waals surface area (Å²) in [5, 5.41) is 13.3. The van der Waals surface area contributed by atoms with E-state index in [1.54, 1.807) is 23.2 Å². The fraction of sp³-hybridized carbons (Fsp3) is 0.367. The molecule has 8 heteroatoms. The average Bonchev–Trinajstić information content (AvgIpc) is 2.95. The molecule has 2 aliphatic rings. The van der Waals surface area contributed by atoms with Gasteiger partial charge in [-0.05, 0) is 41.7 Å². The topological polar surface area (TPSA) is 101 Å². The Morgan fingerprint density at radius 3 is 2.53 bits per heavy atom. The van der Waals surface area contributed by atoms with Crippen LogP contribution in [0.4, 0.5) is 0 Å². The van der Waals surface area contributed by atoms with E-state index in [2.05, 4.69) is 34.6 Å². The van der Waals surface area contributed by atoms with Crippen LogP contribution in [0.25, 0.3) is 11.1 Å². The Hall–Kier alpha value is -3.59. The molecule has 0 bridgehead atoms. The van der Waals surface area contributed by atoms with Crippen LogP contribution in [0.3, 0.4) is 0 Å². The summed E-state index contributed by atoms with van der Waals surface area (Å²) < 4.78 is 12.0. The standard InChI is InChI=1S/C30H33N3O5/c34-25-18-33(30(36)24-7-4-14-31-17-24)27-13-12-26(38-28(27)20-37-19-25)15-29(35)32-16-21-8-10-23(11-9-21)22-5-2-1-3-6-22/h1-11,14,17,25-28,34H,12-13,15-16,18-20H2,(H,32,35)/t25-,26-,27-,28+/m1/s1. The number of aliphatic hydroxyl groups excluding tert-OH is 1. The molecule has 2 saturated heterocycles. The molecule has 0 aliphatic carbocycles. The summed E-state index contributed by atoms with van der Waals surface area (Å²) in [6, 6.07) is 21.5. The van der Waals surface area contributed by atoms with Crippen molar-refractivity contribution in [2.75, 3.05) is 19.8 Å². The second kappa shape index (κ2) is 12.3. The van der Waals surface area contributed by atoms with E-state index in [1.165, 1.54) is 6.20 Å². The number of β-amino-alcohol motifs (C(OH)–C–C–N with tert-alkyl or cyclic N) is 1. The molecule has 0 radical (unpaired) electrons. The van der Waals surface area contributed by atoms with Crippen LogP contribution in [0.15, 0.2) is 79.1 Å². The minimum atomic E-state index is -0.776. The van der Waals surface area contributed by atoms with Gasteiger partial charge in [0.25, 0.3) is 5.91 Å². The SMILES string of the molecule is O=C(C[C@H]1CC[C@@H]2[C@H](COC[C@H](O)CN2C(=O)c2cccnc2)O1)NCc1ccc(-c2ccccc2)cc1. The van der Waals surface area contributed by atoms with Crippen LogP contribution in [0.2, 0.25) is 0 Å². The minimum absolute atomic E-state index is 0.0777. The highest BCUT2D eigenvalue weighted by atomic mass is 16.5. The Morgan fingerprint density at radius 1 is 0.974 bits per heavy atom. The zero-order valence-electron chi connectivity index (χ0n) is 21.2. The van der Waals surface area contributed by atoms with Gasteiger partial charge in [-0.2, -0.15) is 0 Å². The fourth-order valence-corrected chi connectivity index (χ4v) is 5.15. The molecule has 38 heavy (non-hydrogen) atoms. The fourth-order valence-electron chi connectivity index (χ4n) is 5.15. The number of benzene rings is 2. The molecule has 0 unspecified atom stereocenters. The molecular weight excluding hydrogens is 482 g/mol. The van der Waals surface area contributed by atoms with Gasteiger partial charge in [0.1, 0.15) is 6.10 Å². The molecule has 5 rings (SSSR count). The van der Waals surface area contributed by atoms with E-state index in [0.29, 0.717) is 24.9 Å². The van der Waals surface area contributed by atoms with Crippen LogP contribution in [-0.4, -0.2) is 70.9 Å². The molecule has 2 N–H and O–H groups in total. The molecule has 3 aromatic rings. The van der Waals surface area contributed by atoms with E-state index in [-0.39, 0.29) is 56.2 Å². The Bertz CT molecular complexity index is 1210. The van der Waals surface area contributed by atoms with Crippen molar-refractivity contribution in [2.45, 2.75) is 50.2 Å². The first-order valence-electron chi connectivity index (χ1n) is 13.1. The predicted octanol–water partition coefficient (Wildman–Crippen LogP) is 3.20. The Kier molecular flexibility index (Phi) is 8.43. The van der Waals surface area contributed by atoms with E-state index < -0.39 is 6.10 Å². The molecule has 4 atom stereocenters. The number of nitrogens with one attached hydrogen (secondary N) is 1. The van der Waals surface area contributed by atoms with Gasteiger partial charge in [-0.1, -0.05) is 54.6 Å². The van der Waals surface area contributed by atoms with Crippen molar-refractivity contribution in [1.29, 1.82) is 0 Å². The van der Waals surface area contributed by atoms with Crippen molar-refractivity contribution in [1.82, 2.24) is 15.2 Å². The maximum atomic E-state index is 13.3. The van der Waals surface area contributed by atoms with Gasteiger partial charge in [0.15, 0.2) is 0 Å². The number of ether oxygens (including phenoxy) is 2. The van der Waals surface area contributed by atoms with E-state index in [1.807, 2.05) is 30.3 Å². The number of aromatic nitrogens is 1. The predicted molar refractivity (Wildman–Crippen MR) is 142 cm³/mol. The van der Waals surface area contributed by atoms with Crippen LogP contribution in [0.5, 0.6) is 0 Å². The molecule has 2 fully saturated rings. The largest absolute Gasteiger partial charge is 0.389 e. The van der Waals surface area contributed by atoms with Gasteiger partial charge in [0, 0.05) is 25.5 Å². The molecule has 1 aromatic heterocycles. The van der Waals surface area contributed by atoms with Gasteiger partial charge < -0.3 is 24.8 Å². The van der Waals surface area contributed by atoms with Crippen molar-refractivity contribution >= 4 is 11.8 Å². The number of amides is 2. The third-order valence-corrected chi connectivity index (χ3v) is 7.11. The highest BCUT2D eigenvalue weighted by molar-refractivity contribution is 5.94. The normalized spacial score (nSPS) is 23.6. The van der Waals surface area contributed by atoms with Crippen molar-refractivity contribution in [3.8, 4) is 11.1 Å². The molecule has 2 aromatic carbocycles. The lowest BCUT2D eigenvalue weighted by atomic mass is 9.94. The van der Waals surface area contributed by atoms with E-state index in [9.17, 15) is 14.7 Å². The first-order chi connectivity index (χ1) is 18.6. The van der Waals surface area contributed by atoms with Gasteiger partial charge in [-0.3, -0.25) is 14.6 Å². The number of pyridine rings is 1. The van der Waals surface area contributed by atoms with Gasteiger partial charge in [0.2, 0.25) is 5.91 Å². The summed E-state index contributed by atoms with van der Waals surface area (Å²) >= 11 is 0. The lowest BCUT2D eigenvalue weighted by Gasteiger charge is -2.44. The molecule has 0 saturated carbocycles. The lowest BCUT2D eigenvalue weighted by Crippen LogP contribution is -2.57. The van der Waals surface area contributed by atoms with Gasteiger partial charge in [-0.25, -0.2) is 0 Å². The van der Waals surface area contributed by atoms with Crippen molar-refractivity contribution < 1.29 is 24.2 Å².